The first kappa shape index (κ1) is 14.0. The van der Waals surface area contributed by atoms with E-state index in [1.54, 1.807) is 6.20 Å². The normalized spacial score (nSPS) is 14.1. The van der Waals surface area contributed by atoms with Crippen molar-refractivity contribution >= 4 is 11.6 Å². The molecule has 1 heterocycles. The average Bonchev–Trinajstić information content (AvgIpc) is 2.46. The standard InChI is InChI=1S/C16H19ClN2/c1-3-16(13-6-8-15(17)9-7-13)19-12(2)14-5-4-10-18-11-14/h4-12,16,19H,3H2,1-2H3. The van der Waals surface area contributed by atoms with Crippen LogP contribution in [0.3, 0.4) is 0 Å². The molecule has 2 atom stereocenters. The lowest BCUT2D eigenvalue weighted by molar-refractivity contribution is 0.456. The highest BCUT2D eigenvalue weighted by atomic mass is 35.5. The fraction of sp³-hybridized carbons (Fsp3) is 0.312. The molecule has 1 N–H and O–H groups in total. The zero-order valence-electron chi connectivity index (χ0n) is 11.3. The highest BCUT2D eigenvalue weighted by Gasteiger charge is 2.13. The second-order valence-corrected chi connectivity index (χ2v) is 5.12. The van der Waals surface area contributed by atoms with Gasteiger partial charge in [0.2, 0.25) is 0 Å². The SMILES string of the molecule is CCC(NC(C)c1cccnc1)c1ccc(Cl)cc1. The van der Waals surface area contributed by atoms with Crippen LogP contribution in [0.5, 0.6) is 0 Å². The molecule has 0 fully saturated rings. The Morgan fingerprint density at radius 3 is 2.47 bits per heavy atom. The molecular weight excluding hydrogens is 256 g/mol. The molecule has 0 aliphatic rings. The lowest BCUT2D eigenvalue weighted by Gasteiger charge is -2.23. The molecule has 2 unspecified atom stereocenters. The van der Waals surface area contributed by atoms with Gasteiger partial charge in [-0.3, -0.25) is 4.98 Å². The Kier molecular flexibility index (Phi) is 4.94. The number of nitrogens with zero attached hydrogens (tertiary/aromatic N) is 1. The summed E-state index contributed by atoms with van der Waals surface area (Å²) in [6, 6.07) is 12.7. The summed E-state index contributed by atoms with van der Waals surface area (Å²) in [6.07, 6.45) is 4.74. The molecule has 0 spiro atoms. The quantitative estimate of drug-likeness (QED) is 0.866. The first-order valence-electron chi connectivity index (χ1n) is 6.62. The van der Waals surface area contributed by atoms with E-state index in [0.29, 0.717) is 6.04 Å². The molecule has 0 bridgehead atoms. The van der Waals surface area contributed by atoms with Gasteiger partial charge in [0.05, 0.1) is 0 Å². The summed E-state index contributed by atoms with van der Waals surface area (Å²) in [6.45, 7) is 4.35. The van der Waals surface area contributed by atoms with Crippen molar-refractivity contribution in [3.63, 3.8) is 0 Å². The van der Waals surface area contributed by atoms with E-state index in [0.717, 1.165) is 11.4 Å². The molecule has 19 heavy (non-hydrogen) atoms. The summed E-state index contributed by atoms with van der Waals surface area (Å²) in [5.41, 5.74) is 2.47. The van der Waals surface area contributed by atoms with Crippen LogP contribution in [-0.4, -0.2) is 4.98 Å². The number of nitrogens with one attached hydrogen (secondary N) is 1. The summed E-state index contributed by atoms with van der Waals surface area (Å²) in [4.78, 5) is 4.17. The molecule has 100 valence electrons. The summed E-state index contributed by atoms with van der Waals surface area (Å²) < 4.78 is 0. The van der Waals surface area contributed by atoms with Crippen LogP contribution < -0.4 is 5.32 Å². The average molecular weight is 275 g/mol. The van der Waals surface area contributed by atoms with Crippen LogP contribution >= 0.6 is 11.6 Å². The van der Waals surface area contributed by atoms with Gasteiger partial charge in [0.1, 0.15) is 0 Å². The minimum Gasteiger partial charge on any atom is -0.303 e. The third kappa shape index (κ3) is 3.79. The van der Waals surface area contributed by atoms with E-state index in [2.05, 4.69) is 42.3 Å². The zero-order chi connectivity index (χ0) is 13.7. The van der Waals surface area contributed by atoms with Crippen LogP contribution in [0.25, 0.3) is 0 Å². The smallest absolute Gasteiger partial charge is 0.0406 e. The Balaban J connectivity index is 2.09. The van der Waals surface area contributed by atoms with E-state index in [1.165, 1.54) is 11.1 Å². The van der Waals surface area contributed by atoms with Gasteiger partial charge in [0, 0.05) is 29.5 Å². The van der Waals surface area contributed by atoms with Gasteiger partial charge >= 0.3 is 0 Å². The number of aromatic nitrogens is 1. The van der Waals surface area contributed by atoms with Gasteiger partial charge in [-0.1, -0.05) is 36.7 Å². The van der Waals surface area contributed by atoms with Crippen LogP contribution in [0.2, 0.25) is 5.02 Å². The highest BCUT2D eigenvalue weighted by molar-refractivity contribution is 6.30. The van der Waals surface area contributed by atoms with E-state index in [9.17, 15) is 0 Å². The highest BCUT2D eigenvalue weighted by Crippen LogP contribution is 2.23. The third-order valence-electron chi connectivity index (χ3n) is 3.32. The van der Waals surface area contributed by atoms with Gasteiger partial charge < -0.3 is 5.32 Å². The minimum absolute atomic E-state index is 0.273. The van der Waals surface area contributed by atoms with Crippen LogP contribution in [0.15, 0.2) is 48.8 Å². The predicted octanol–water partition coefficient (Wildman–Crippen LogP) is 4.54. The molecule has 0 amide bonds. The van der Waals surface area contributed by atoms with E-state index in [-0.39, 0.29) is 6.04 Å². The Bertz CT molecular complexity index is 496. The number of benzene rings is 1. The summed E-state index contributed by atoms with van der Waals surface area (Å²) in [7, 11) is 0. The minimum atomic E-state index is 0.273. The number of hydrogen-bond acceptors (Lipinski definition) is 2. The molecule has 1 aromatic heterocycles. The maximum Gasteiger partial charge on any atom is 0.0406 e. The first-order valence-corrected chi connectivity index (χ1v) is 7.00. The lowest BCUT2D eigenvalue weighted by atomic mass is 10.0. The Labute approximate surface area is 119 Å². The summed E-state index contributed by atoms with van der Waals surface area (Å²) >= 11 is 5.93. The van der Waals surface area contributed by atoms with Crippen LogP contribution in [-0.2, 0) is 0 Å². The number of pyridine rings is 1. The molecular formula is C16H19ClN2. The van der Waals surface area contributed by atoms with Crippen molar-refractivity contribution in [3.8, 4) is 0 Å². The summed E-state index contributed by atoms with van der Waals surface area (Å²) in [5, 5.41) is 4.41. The van der Waals surface area contributed by atoms with Gasteiger partial charge in [-0.15, -0.1) is 0 Å². The van der Waals surface area contributed by atoms with Crippen molar-refractivity contribution in [2.24, 2.45) is 0 Å². The van der Waals surface area contributed by atoms with Crippen molar-refractivity contribution < 1.29 is 0 Å². The predicted molar refractivity (Wildman–Crippen MR) is 80.3 cm³/mol. The van der Waals surface area contributed by atoms with Crippen molar-refractivity contribution in [1.29, 1.82) is 0 Å². The maximum atomic E-state index is 5.93. The Morgan fingerprint density at radius 2 is 1.89 bits per heavy atom. The molecule has 0 saturated carbocycles. The molecule has 0 radical (unpaired) electrons. The number of halogens is 1. The molecule has 0 aliphatic carbocycles. The van der Waals surface area contributed by atoms with Crippen molar-refractivity contribution in [3.05, 3.63) is 64.9 Å². The molecule has 0 aliphatic heterocycles. The van der Waals surface area contributed by atoms with Gasteiger partial charge in [0.25, 0.3) is 0 Å². The fourth-order valence-corrected chi connectivity index (χ4v) is 2.30. The summed E-state index contributed by atoms with van der Waals surface area (Å²) in [5.74, 6) is 0. The molecule has 1 aromatic carbocycles. The van der Waals surface area contributed by atoms with E-state index < -0.39 is 0 Å². The van der Waals surface area contributed by atoms with Crippen LogP contribution in [0.1, 0.15) is 43.5 Å². The first-order chi connectivity index (χ1) is 9.20. The molecule has 2 nitrogen and oxygen atoms in total. The molecule has 3 heteroatoms. The Morgan fingerprint density at radius 1 is 1.16 bits per heavy atom. The monoisotopic (exact) mass is 274 g/mol. The molecule has 2 rings (SSSR count). The lowest BCUT2D eigenvalue weighted by Crippen LogP contribution is -2.24. The van der Waals surface area contributed by atoms with Crippen molar-refractivity contribution in [1.82, 2.24) is 10.3 Å². The van der Waals surface area contributed by atoms with E-state index in [4.69, 9.17) is 11.6 Å². The van der Waals surface area contributed by atoms with Gasteiger partial charge in [0.15, 0.2) is 0 Å². The molecule has 0 saturated heterocycles. The maximum absolute atomic E-state index is 5.93. The van der Waals surface area contributed by atoms with Gasteiger partial charge in [-0.2, -0.15) is 0 Å². The second kappa shape index (κ2) is 6.69. The second-order valence-electron chi connectivity index (χ2n) is 4.69. The van der Waals surface area contributed by atoms with Crippen LogP contribution in [0.4, 0.5) is 0 Å². The zero-order valence-corrected chi connectivity index (χ0v) is 12.1. The fourth-order valence-electron chi connectivity index (χ4n) is 2.17. The Hall–Kier alpha value is -1.38. The van der Waals surface area contributed by atoms with E-state index in [1.807, 2.05) is 24.4 Å². The number of hydrogen-bond donors (Lipinski definition) is 1. The topological polar surface area (TPSA) is 24.9 Å². The van der Waals surface area contributed by atoms with E-state index >= 15 is 0 Å². The van der Waals surface area contributed by atoms with Gasteiger partial charge in [-0.25, -0.2) is 0 Å². The van der Waals surface area contributed by atoms with Crippen molar-refractivity contribution in [2.45, 2.75) is 32.4 Å². The largest absolute Gasteiger partial charge is 0.303 e. The third-order valence-corrected chi connectivity index (χ3v) is 3.57. The van der Waals surface area contributed by atoms with Crippen molar-refractivity contribution in [2.75, 3.05) is 0 Å². The number of rotatable bonds is 5. The van der Waals surface area contributed by atoms with Crippen LogP contribution in [0, 0.1) is 0 Å². The van der Waals surface area contributed by atoms with Gasteiger partial charge in [-0.05, 0) is 42.7 Å². The molecule has 2 aromatic rings.